The van der Waals surface area contributed by atoms with Gasteiger partial charge in [0.05, 0.1) is 0 Å². The summed E-state index contributed by atoms with van der Waals surface area (Å²) < 4.78 is 46.9. The number of nitrogens with one attached hydrogen (secondary N) is 3. The second-order valence-electron chi connectivity index (χ2n) is 8.70. The minimum Gasteiger partial charge on any atom is -0.444 e. The van der Waals surface area contributed by atoms with Crippen molar-refractivity contribution in [3.63, 3.8) is 0 Å². The van der Waals surface area contributed by atoms with Crippen molar-refractivity contribution in [1.82, 2.24) is 15.0 Å². The Labute approximate surface area is 165 Å². The van der Waals surface area contributed by atoms with Gasteiger partial charge in [-0.05, 0) is 59.7 Å². The second-order valence-corrected chi connectivity index (χ2v) is 10.3. The summed E-state index contributed by atoms with van der Waals surface area (Å²) in [6.07, 6.45) is -0.0611. The van der Waals surface area contributed by atoms with E-state index < -0.39 is 38.0 Å². The Balaban J connectivity index is 2.15. The fourth-order valence-corrected chi connectivity index (χ4v) is 4.11. The molecule has 0 saturated carbocycles. The number of ether oxygens (including phenoxy) is 1. The van der Waals surface area contributed by atoms with Crippen molar-refractivity contribution < 1.29 is 22.3 Å². The summed E-state index contributed by atoms with van der Waals surface area (Å²) >= 11 is 0. The van der Waals surface area contributed by atoms with E-state index in [0.29, 0.717) is 23.9 Å². The largest absolute Gasteiger partial charge is 0.444 e. The lowest BCUT2D eigenvalue weighted by atomic mass is 10.1. The number of amides is 1. The molecule has 2 aromatic rings. The molecule has 9 heteroatoms. The molecule has 3 N–H and O–H groups in total. The van der Waals surface area contributed by atoms with Gasteiger partial charge < -0.3 is 15.0 Å². The van der Waals surface area contributed by atoms with Crippen LogP contribution >= 0.6 is 0 Å². The van der Waals surface area contributed by atoms with Gasteiger partial charge in [0.25, 0.3) is 0 Å². The van der Waals surface area contributed by atoms with E-state index in [0.717, 1.165) is 5.69 Å². The van der Waals surface area contributed by atoms with E-state index in [4.69, 9.17) is 4.74 Å². The molecule has 2 rings (SSSR count). The molecule has 0 fully saturated rings. The molecule has 1 amide bonds. The second kappa shape index (κ2) is 7.71. The molecule has 0 radical (unpaired) electrons. The Bertz CT molecular complexity index is 969. The zero-order valence-electron chi connectivity index (χ0n) is 17.1. The Morgan fingerprint density at radius 3 is 2.36 bits per heavy atom. The van der Waals surface area contributed by atoms with Gasteiger partial charge in [-0.1, -0.05) is 0 Å². The van der Waals surface area contributed by atoms with Crippen molar-refractivity contribution in [3.05, 3.63) is 29.7 Å². The number of halogens is 1. The van der Waals surface area contributed by atoms with Gasteiger partial charge >= 0.3 is 6.09 Å². The van der Waals surface area contributed by atoms with Crippen LogP contribution in [0.3, 0.4) is 0 Å². The van der Waals surface area contributed by atoms with Crippen molar-refractivity contribution in [2.24, 2.45) is 0 Å². The van der Waals surface area contributed by atoms with Crippen LogP contribution in [0.4, 0.5) is 9.18 Å². The first-order chi connectivity index (χ1) is 12.7. The Morgan fingerprint density at radius 2 is 1.79 bits per heavy atom. The number of aromatic amines is 1. The molecule has 1 aromatic heterocycles. The molecule has 1 heterocycles. The van der Waals surface area contributed by atoms with Crippen LogP contribution in [0.2, 0.25) is 0 Å². The molecule has 0 aliphatic rings. The lowest BCUT2D eigenvalue weighted by molar-refractivity contribution is 0.0528. The number of carbonyl (C=O) groups excluding carboxylic acids is 1. The molecule has 28 heavy (non-hydrogen) atoms. The smallest absolute Gasteiger partial charge is 0.407 e. The minimum atomic E-state index is -3.99. The van der Waals surface area contributed by atoms with Gasteiger partial charge in [-0.25, -0.2) is 22.3 Å². The molecule has 156 valence electrons. The Morgan fingerprint density at radius 1 is 1.14 bits per heavy atom. The van der Waals surface area contributed by atoms with Crippen LogP contribution in [-0.2, 0) is 21.2 Å². The molecule has 0 spiro atoms. The number of carbonyl (C=O) groups is 1. The molecular formula is C19H28FN3O4S. The molecule has 0 saturated heterocycles. The normalized spacial score (nSPS) is 13.0. The highest BCUT2D eigenvalue weighted by atomic mass is 32.2. The number of rotatable bonds is 5. The first-order valence-electron chi connectivity index (χ1n) is 8.98. The maximum Gasteiger partial charge on any atom is 0.407 e. The van der Waals surface area contributed by atoms with Gasteiger partial charge in [0.2, 0.25) is 10.0 Å². The van der Waals surface area contributed by atoms with Crippen LogP contribution in [0.5, 0.6) is 0 Å². The SMILES string of the molecule is CC(C)(C)NS(=O)(=O)c1cc2[nH]c(CCNC(=O)OC(C)(C)C)cc2cc1F. The van der Waals surface area contributed by atoms with Crippen molar-refractivity contribution in [3.8, 4) is 0 Å². The molecule has 1 aromatic carbocycles. The van der Waals surface area contributed by atoms with Crippen molar-refractivity contribution in [2.45, 2.75) is 64.0 Å². The van der Waals surface area contributed by atoms with Crippen LogP contribution in [-0.4, -0.2) is 37.2 Å². The Kier molecular flexibility index (Phi) is 6.10. The minimum absolute atomic E-state index is 0.320. The number of hydrogen-bond acceptors (Lipinski definition) is 4. The van der Waals surface area contributed by atoms with Crippen molar-refractivity contribution >= 4 is 27.0 Å². The molecule has 0 aliphatic heterocycles. The zero-order valence-corrected chi connectivity index (χ0v) is 17.9. The fourth-order valence-electron chi connectivity index (χ4n) is 2.61. The van der Waals surface area contributed by atoms with Crippen LogP contribution in [0.1, 0.15) is 47.2 Å². The highest BCUT2D eigenvalue weighted by molar-refractivity contribution is 7.89. The van der Waals surface area contributed by atoms with Gasteiger partial charge in [-0.15, -0.1) is 0 Å². The number of fused-ring (bicyclic) bond motifs is 1. The molecular weight excluding hydrogens is 385 g/mol. The molecule has 0 atom stereocenters. The van der Waals surface area contributed by atoms with Crippen LogP contribution in [0.25, 0.3) is 10.9 Å². The van der Waals surface area contributed by atoms with E-state index in [1.165, 1.54) is 12.1 Å². The summed E-state index contributed by atoms with van der Waals surface area (Å²) in [5.41, 5.74) is -0.0630. The van der Waals surface area contributed by atoms with Gasteiger partial charge in [0.1, 0.15) is 16.3 Å². The fraction of sp³-hybridized carbons (Fsp3) is 0.526. The van der Waals surface area contributed by atoms with Crippen molar-refractivity contribution in [1.29, 1.82) is 0 Å². The average molecular weight is 414 g/mol. The molecule has 0 aliphatic carbocycles. The van der Waals surface area contributed by atoms with E-state index in [1.54, 1.807) is 47.6 Å². The van der Waals surface area contributed by atoms with E-state index >= 15 is 0 Å². The highest BCUT2D eigenvalue weighted by Gasteiger charge is 2.25. The van der Waals surface area contributed by atoms with Gasteiger partial charge in [-0.3, -0.25) is 0 Å². The monoisotopic (exact) mass is 413 g/mol. The lowest BCUT2D eigenvalue weighted by Gasteiger charge is -2.20. The number of H-pyrrole nitrogens is 1. The third kappa shape index (κ3) is 6.20. The summed E-state index contributed by atoms with van der Waals surface area (Å²) in [7, 11) is -3.99. The zero-order chi connectivity index (χ0) is 21.3. The molecule has 7 nitrogen and oxygen atoms in total. The lowest BCUT2D eigenvalue weighted by Crippen LogP contribution is -2.40. The maximum absolute atomic E-state index is 14.4. The summed E-state index contributed by atoms with van der Waals surface area (Å²) in [5.74, 6) is -0.818. The number of aromatic nitrogens is 1. The first kappa shape index (κ1) is 22.2. The summed E-state index contributed by atoms with van der Waals surface area (Å²) in [6.45, 7) is 10.7. The average Bonchev–Trinajstić information content (AvgIpc) is 2.83. The van der Waals surface area contributed by atoms with Gasteiger partial charge in [-0.2, -0.15) is 0 Å². The maximum atomic E-state index is 14.4. The van der Waals surface area contributed by atoms with E-state index in [-0.39, 0.29) is 0 Å². The number of benzene rings is 1. The predicted molar refractivity (Wildman–Crippen MR) is 106 cm³/mol. The quantitative estimate of drug-likeness (QED) is 0.699. The van der Waals surface area contributed by atoms with Gasteiger partial charge in [0, 0.05) is 35.1 Å². The highest BCUT2D eigenvalue weighted by Crippen LogP contribution is 2.24. The first-order valence-corrected chi connectivity index (χ1v) is 10.5. The third-order valence-corrected chi connectivity index (χ3v) is 5.29. The predicted octanol–water partition coefficient (Wildman–Crippen LogP) is 3.45. The molecule has 0 unspecified atom stereocenters. The van der Waals surface area contributed by atoms with E-state index in [9.17, 15) is 17.6 Å². The Hall–Kier alpha value is -2.13. The van der Waals surface area contributed by atoms with E-state index in [1.807, 2.05) is 0 Å². The molecule has 0 bridgehead atoms. The van der Waals surface area contributed by atoms with Gasteiger partial charge in [0.15, 0.2) is 0 Å². The topological polar surface area (TPSA) is 100 Å². The van der Waals surface area contributed by atoms with Crippen LogP contribution < -0.4 is 10.0 Å². The third-order valence-electron chi connectivity index (χ3n) is 3.52. The number of hydrogen-bond donors (Lipinski definition) is 3. The standard InChI is InChI=1S/C19H28FN3O4S/c1-18(2,3)23-28(25,26)16-11-15-12(10-14(16)20)9-13(22-15)7-8-21-17(24)27-19(4,5)6/h9-11,22-23H,7-8H2,1-6H3,(H,21,24). The van der Waals surface area contributed by atoms with Crippen LogP contribution in [0, 0.1) is 5.82 Å². The van der Waals surface area contributed by atoms with E-state index in [2.05, 4.69) is 15.0 Å². The number of alkyl carbamates (subject to hydrolysis) is 1. The van der Waals surface area contributed by atoms with Crippen molar-refractivity contribution in [2.75, 3.05) is 6.54 Å². The number of sulfonamides is 1. The summed E-state index contributed by atoms with van der Waals surface area (Å²) in [4.78, 5) is 14.3. The summed E-state index contributed by atoms with van der Waals surface area (Å²) in [6, 6.07) is 4.19. The summed E-state index contributed by atoms with van der Waals surface area (Å²) in [5, 5.41) is 3.20. The van der Waals surface area contributed by atoms with Crippen LogP contribution in [0.15, 0.2) is 23.1 Å².